The maximum absolute atomic E-state index is 14.8. The van der Waals surface area contributed by atoms with Gasteiger partial charge in [0.15, 0.2) is 0 Å². The lowest BCUT2D eigenvalue weighted by Gasteiger charge is -2.59. The second kappa shape index (κ2) is 20.1. The molecule has 328 valence electrons. The van der Waals surface area contributed by atoms with Crippen molar-refractivity contribution in [1.82, 2.24) is 9.21 Å². The van der Waals surface area contributed by atoms with Crippen molar-refractivity contribution < 1.29 is 42.5 Å². The minimum atomic E-state index is -4.22. The van der Waals surface area contributed by atoms with Crippen LogP contribution in [-0.4, -0.2) is 104 Å². The molecule has 1 saturated carbocycles. The molecule has 0 radical (unpaired) electrons. The zero-order valence-electron chi connectivity index (χ0n) is 35.3. The Bertz CT molecular complexity index is 2140. The molecule has 2 heterocycles. The average molecular weight is 857 g/mol. The molecule has 0 spiro atoms. The summed E-state index contributed by atoms with van der Waals surface area (Å²) in [6.07, 6.45) is 8.51. The van der Waals surface area contributed by atoms with E-state index in [0.717, 1.165) is 67.8 Å². The number of nitrogens with one attached hydrogen (secondary N) is 1. The van der Waals surface area contributed by atoms with Crippen LogP contribution in [0.3, 0.4) is 0 Å². The highest BCUT2D eigenvalue weighted by molar-refractivity contribution is 7.89. The molecule has 7 rings (SSSR count). The summed E-state index contributed by atoms with van der Waals surface area (Å²) >= 11 is 0. The monoisotopic (exact) mass is 856 g/mol. The van der Waals surface area contributed by atoms with Gasteiger partial charge in [-0.25, -0.2) is 8.42 Å². The molecular weight excluding hydrogens is 797 g/mol. The van der Waals surface area contributed by atoms with Gasteiger partial charge in [0, 0.05) is 70.4 Å². The third-order valence-corrected chi connectivity index (χ3v) is 14.3. The van der Waals surface area contributed by atoms with Crippen molar-refractivity contribution in [1.29, 1.82) is 0 Å². The lowest BCUT2D eigenvalue weighted by molar-refractivity contribution is -0.250. The number of unbranched alkanes of at least 4 members (excludes halogenated alkanes) is 2. The highest BCUT2D eigenvalue weighted by Gasteiger charge is 2.65. The maximum atomic E-state index is 14.8. The molecule has 0 aromatic heterocycles. The molecule has 13 nitrogen and oxygen atoms in total. The third kappa shape index (κ3) is 10.1. The lowest BCUT2D eigenvalue weighted by Crippen LogP contribution is -2.69. The number of fused-ring (bicyclic) bond motifs is 2. The van der Waals surface area contributed by atoms with E-state index in [9.17, 15) is 23.4 Å². The van der Waals surface area contributed by atoms with E-state index in [0.29, 0.717) is 36.6 Å². The van der Waals surface area contributed by atoms with Crippen LogP contribution < -0.4 is 14.8 Å². The van der Waals surface area contributed by atoms with Gasteiger partial charge in [-0.3, -0.25) is 9.69 Å². The van der Waals surface area contributed by atoms with E-state index in [-0.39, 0.29) is 61.4 Å². The van der Waals surface area contributed by atoms with E-state index in [2.05, 4.69) is 28.9 Å². The number of carbonyl (C=O) groups is 1. The van der Waals surface area contributed by atoms with Crippen LogP contribution in [-0.2, 0) is 31.0 Å². The van der Waals surface area contributed by atoms with Gasteiger partial charge in [-0.1, -0.05) is 60.5 Å². The van der Waals surface area contributed by atoms with Gasteiger partial charge in [0.05, 0.1) is 29.2 Å². The molecule has 2 aliphatic heterocycles. The number of oxime groups is 1. The number of anilines is 1. The summed E-state index contributed by atoms with van der Waals surface area (Å²) in [4.78, 5) is 20.3. The Morgan fingerprint density at radius 2 is 1.77 bits per heavy atom. The van der Waals surface area contributed by atoms with Gasteiger partial charge in [0.2, 0.25) is 21.7 Å². The molecule has 14 heteroatoms. The first-order valence-electron chi connectivity index (χ1n) is 21.5. The number of likely N-dealkylation sites (N-methyl/N-ethyl adjacent to an activating group) is 1. The predicted molar refractivity (Wildman–Crippen MR) is 234 cm³/mol. The summed E-state index contributed by atoms with van der Waals surface area (Å²) in [7, 11) is -2.66. The van der Waals surface area contributed by atoms with Crippen molar-refractivity contribution >= 4 is 27.3 Å². The Labute approximate surface area is 360 Å². The second-order valence-corrected chi connectivity index (χ2v) is 18.4. The van der Waals surface area contributed by atoms with Crippen LogP contribution in [0.2, 0.25) is 0 Å². The smallest absolute Gasteiger partial charge is 0.243 e. The summed E-state index contributed by atoms with van der Waals surface area (Å²) < 4.78 is 51.6. The average Bonchev–Trinajstić information content (AvgIpc) is 4.09. The standard InChI is InChI=1S/C47H60N4O9S/c1-4-27-58-47-44(50(3)61(55,56)38-19-16-36(17-20-38)48-33(2)54)31-42(49-59-32-34-12-6-5-7-13-34)40-29-35(14-8-10-25-52)39(15-9-11-26-53)45(46(40)47)41-30-37(18-21-43(41)60-47)57-28-24-51-22-23-51/h4-7,12-13,16-21,29-30,35,39,44-46,52-53H,1,8-11,14-15,22-28,31-32H2,2-3H3,(H,48,54)/t35-,39+,44-,45+,46+,47+/m0/s1. The Morgan fingerprint density at radius 3 is 2.46 bits per heavy atom. The minimum absolute atomic E-state index is 0.0228. The maximum Gasteiger partial charge on any atom is 0.243 e. The zero-order chi connectivity index (χ0) is 43.0. The number of aliphatic hydroxyl groups excluding tert-OH is 2. The van der Waals surface area contributed by atoms with Gasteiger partial charge in [-0.2, -0.15) is 4.31 Å². The molecule has 61 heavy (non-hydrogen) atoms. The van der Waals surface area contributed by atoms with Crippen LogP contribution in [0.1, 0.15) is 68.9 Å². The van der Waals surface area contributed by atoms with Crippen LogP contribution in [0.25, 0.3) is 0 Å². The van der Waals surface area contributed by atoms with Gasteiger partial charge < -0.3 is 34.6 Å². The van der Waals surface area contributed by atoms with Crippen molar-refractivity contribution in [2.45, 2.75) is 81.1 Å². The Kier molecular flexibility index (Phi) is 14.6. The number of rotatable bonds is 22. The number of sulfonamides is 1. The van der Waals surface area contributed by atoms with Crippen LogP contribution in [0.5, 0.6) is 11.5 Å². The van der Waals surface area contributed by atoms with Gasteiger partial charge in [-0.05, 0) is 91.1 Å². The highest BCUT2D eigenvalue weighted by Crippen LogP contribution is 2.62. The molecule has 3 aromatic carbocycles. The van der Waals surface area contributed by atoms with Crippen LogP contribution >= 0.6 is 0 Å². The molecule has 3 aromatic rings. The summed E-state index contributed by atoms with van der Waals surface area (Å²) in [5.74, 6) is -1.25. The fourth-order valence-electron chi connectivity index (χ4n) is 9.39. The summed E-state index contributed by atoms with van der Waals surface area (Å²) in [5, 5.41) is 27.4. The highest BCUT2D eigenvalue weighted by atomic mass is 32.2. The number of ether oxygens (including phenoxy) is 3. The molecule has 3 N–H and O–H groups in total. The topological polar surface area (TPSA) is 159 Å². The van der Waals surface area contributed by atoms with Gasteiger partial charge >= 0.3 is 0 Å². The fourth-order valence-corrected chi connectivity index (χ4v) is 10.8. The molecule has 1 amide bonds. The Hall–Kier alpha value is -4.57. The zero-order valence-corrected chi connectivity index (χ0v) is 36.1. The summed E-state index contributed by atoms with van der Waals surface area (Å²) in [6, 6.07) is 20.8. The van der Waals surface area contributed by atoms with Gasteiger partial charge in [-0.15, -0.1) is 6.58 Å². The van der Waals surface area contributed by atoms with Crippen LogP contribution in [0.15, 0.2) is 107 Å². The van der Waals surface area contributed by atoms with Gasteiger partial charge in [0.25, 0.3) is 0 Å². The molecule has 1 saturated heterocycles. The largest absolute Gasteiger partial charge is 0.492 e. The van der Waals surface area contributed by atoms with Crippen molar-refractivity contribution in [2.24, 2.45) is 22.9 Å². The van der Waals surface area contributed by atoms with Crippen molar-refractivity contribution in [3.63, 3.8) is 0 Å². The first-order chi connectivity index (χ1) is 29.6. The molecule has 6 atom stereocenters. The van der Waals surface area contributed by atoms with Crippen molar-refractivity contribution in [2.75, 3.05) is 58.4 Å². The number of hydrogen-bond acceptors (Lipinski definition) is 11. The van der Waals surface area contributed by atoms with E-state index in [1.165, 1.54) is 23.4 Å². The lowest BCUT2D eigenvalue weighted by atomic mass is 9.55. The fraction of sp³-hybridized carbons (Fsp3) is 0.489. The number of allylic oxidation sites excluding steroid dienone is 1. The summed E-state index contributed by atoms with van der Waals surface area (Å²) in [5.41, 5.74) is 3.85. The SMILES string of the molecule is C=CCO[C@@]12Oc3ccc(OCCN4CC4)cc3[C@H]3[C@H](CCCCO)[C@@H](CCCCO)C=C(C(=NOCc4ccccc4)C[C@@H]1N(C)S(=O)(=O)c1ccc(NC(C)=O)cc1)[C@H]32. The number of amides is 1. The first kappa shape index (κ1) is 44.5. The van der Waals surface area contributed by atoms with E-state index < -0.39 is 27.8 Å². The van der Waals surface area contributed by atoms with E-state index in [4.69, 9.17) is 24.2 Å². The number of aliphatic hydroxyl groups is 2. The molecule has 2 aliphatic carbocycles. The summed E-state index contributed by atoms with van der Waals surface area (Å²) in [6.45, 7) is 9.37. The molecule has 0 bridgehead atoms. The number of benzene rings is 3. The van der Waals surface area contributed by atoms with Crippen LogP contribution in [0.4, 0.5) is 5.69 Å². The van der Waals surface area contributed by atoms with Crippen molar-refractivity contribution in [3.8, 4) is 11.5 Å². The Balaban J connectivity index is 1.40. The first-order valence-corrected chi connectivity index (χ1v) is 23.0. The quantitative estimate of drug-likeness (QED) is 0.0441. The van der Waals surface area contributed by atoms with E-state index in [1.54, 1.807) is 25.3 Å². The number of nitrogens with zero attached hydrogens (tertiary/aromatic N) is 3. The number of hydrogen-bond donors (Lipinski definition) is 3. The van der Waals surface area contributed by atoms with Crippen LogP contribution in [0, 0.1) is 17.8 Å². The Morgan fingerprint density at radius 1 is 1.03 bits per heavy atom. The minimum Gasteiger partial charge on any atom is -0.492 e. The van der Waals surface area contributed by atoms with Gasteiger partial charge in [0.1, 0.15) is 24.7 Å². The molecule has 2 fully saturated rings. The van der Waals surface area contributed by atoms with E-state index >= 15 is 0 Å². The predicted octanol–water partition coefficient (Wildman–Crippen LogP) is 6.49. The number of carbonyl (C=O) groups excluding carboxylic acids is 1. The second-order valence-electron chi connectivity index (χ2n) is 16.4. The van der Waals surface area contributed by atoms with E-state index in [1.807, 2.05) is 42.5 Å². The normalized spacial score (nSPS) is 24.9. The van der Waals surface area contributed by atoms with Crippen molar-refractivity contribution in [3.05, 3.63) is 108 Å². The molecule has 4 aliphatic rings. The molecular formula is C47H60N4O9S. The molecule has 0 unspecified atom stereocenters. The third-order valence-electron chi connectivity index (χ3n) is 12.4.